The minimum Gasteiger partial charge on any atom is -0.414 e. The molecule has 244 valence electrons. The predicted molar refractivity (Wildman–Crippen MR) is 168 cm³/mol. The van der Waals surface area contributed by atoms with Gasteiger partial charge in [-0.1, -0.05) is 62.3 Å². The summed E-state index contributed by atoms with van der Waals surface area (Å²) in [5.41, 5.74) is -4.01. The minimum atomic E-state index is -4.97. The van der Waals surface area contributed by atoms with Crippen LogP contribution in [0.1, 0.15) is 74.1 Å². The molecule has 4 atom stereocenters. The monoisotopic (exact) mass is 654 g/mol. The Morgan fingerprint density at radius 1 is 0.786 bits per heavy atom. The van der Waals surface area contributed by atoms with E-state index in [1.165, 1.54) is 0 Å². The number of nitrogens with zero attached hydrogens (tertiary/aromatic N) is 1. The summed E-state index contributed by atoms with van der Waals surface area (Å²) in [4.78, 5) is 27.1. The van der Waals surface area contributed by atoms with Gasteiger partial charge in [-0.3, -0.25) is 14.3 Å². The molecule has 0 aliphatic carbocycles. The number of ether oxygens (including phenoxy) is 1. The van der Waals surface area contributed by atoms with E-state index >= 15 is 0 Å². The second-order valence-electron chi connectivity index (χ2n) is 16.0. The molecule has 1 fully saturated rings. The lowest BCUT2D eigenvalue weighted by Crippen LogP contribution is -2.55. The third kappa shape index (κ3) is 7.96. The quantitative estimate of drug-likeness (QED) is 0.297. The molecule has 2 rings (SSSR count). The first-order chi connectivity index (χ1) is 18.4. The smallest absolute Gasteiger partial charge is 0.414 e. The van der Waals surface area contributed by atoms with Gasteiger partial charge in [-0.15, -0.1) is 0 Å². The zero-order chi connectivity index (χ0) is 33.1. The van der Waals surface area contributed by atoms with Gasteiger partial charge in [0.2, 0.25) is 0 Å². The Morgan fingerprint density at radius 2 is 1.21 bits per heavy atom. The van der Waals surface area contributed by atoms with Gasteiger partial charge in [0.25, 0.3) is 5.56 Å². The second-order valence-corrected chi connectivity index (χ2v) is 30.4. The number of rotatable bonds is 8. The summed E-state index contributed by atoms with van der Waals surface area (Å²) < 4.78 is 69.0. The number of H-pyrrole nitrogens is 1. The number of aromatic nitrogens is 2. The van der Waals surface area contributed by atoms with Crippen LogP contribution in [-0.2, 0) is 24.2 Å². The topological polar surface area (TPSA) is 91.8 Å². The number of hydrogen-bond donors (Lipinski definition) is 1. The molecule has 0 saturated carbocycles. The van der Waals surface area contributed by atoms with Crippen LogP contribution in [0.2, 0.25) is 54.4 Å². The average molecular weight is 655 g/mol. The van der Waals surface area contributed by atoms with Gasteiger partial charge in [-0.25, -0.2) is 4.79 Å². The number of alkyl halides is 3. The molecule has 0 aromatic carbocycles. The molecule has 8 nitrogen and oxygen atoms in total. The summed E-state index contributed by atoms with van der Waals surface area (Å²) in [7, 11) is -7.36. The molecule has 1 aromatic rings. The maximum absolute atomic E-state index is 13.8. The van der Waals surface area contributed by atoms with Crippen molar-refractivity contribution in [2.24, 2.45) is 0 Å². The molecule has 1 N–H and O–H groups in total. The molecule has 0 spiro atoms. The van der Waals surface area contributed by atoms with Gasteiger partial charge in [-0.05, 0) is 54.4 Å². The normalized spacial score (nSPS) is 23.5. The van der Waals surface area contributed by atoms with Crippen LogP contribution in [0.3, 0.4) is 0 Å². The van der Waals surface area contributed by atoms with Crippen molar-refractivity contribution in [2.45, 2.75) is 147 Å². The first-order valence-electron chi connectivity index (χ1n) is 14.5. The van der Waals surface area contributed by atoms with Crippen molar-refractivity contribution in [2.75, 3.05) is 6.61 Å². The molecular weight excluding hydrogens is 602 g/mol. The van der Waals surface area contributed by atoms with Crippen molar-refractivity contribution in [3.05, 3.63) is 32.6 Å². The molecule has 0 bridgehead atoms. The second kappa shape index (κ2) is 11.7. The van der Waals surface area contributed by atoms with Crippen LogP contribution >= 0.6 is 0 Å². The summed E-state index contributed by atoms with van der Waals surface area (Å²) in [5, 5.41) is -0.563. The highest BCUT2D eigenvalue weighted by Crippen LogP contribution is 2.46. The number of nitrogens with one attached hydrogen (secondary N) is 1. The third-order valence-corrected chi connectivity index (χ3v) is 23.2. The van der Waals surface area contributed by atoms with E-state index in [2.05, 4.69) is 88.5 Å². The van der Waals surface area contributed by atoms with Gasteiger partial charge in [0.05, 0.1) is 6.61 Å². The van der Waals surface area contributed by atoms with Crippen LogP contribution in [-0.4, -0.2) is 59.4 Å². The van der Waals surface area contributed by atoms with Crippen molar-refractivity contribution < 1.29 is 31.2 Å². The molecule has 1 saturated heterocycles. The van der Waals surface area contributed by atoms with Crippen LogP contribution in [0.25, 0.3) is 0 Å². The molecule has 1 aliphatic rings. The standard InChI is InChI=1S/C28H53F3N2O6Si3/c1-25(2,3)40(10,11)36-17-19-20(38-41(12,13)26(4,5)6)21(39-42(14,15)27(7,8)9)23(37-19)33-16-18(28(29,30)31)22(34)32-24(33)35/h16,19-21,23H,17H2,1-15H3,(H,32,34,35)/t19-,20-,21-,23-/m1/s1. The van der Waals surface area contributed by atoms with E-state index in [1.54, 1.807) is 0 Å². The molecule has 0 amide bonds. The van der Waals surface area contributed by atoms with Crippen LogP contribution in [0.15, 0.2) is 15.8 Å². The highest BCUT2D eigenvalue weighted by atomic mass is 28.4. The van der Waals surface area contributed by atoms with E-state index in [9.17, 15) is 22.8 Å². The molecule has 0 unspecified atom stereocenters. The fraction of sp³-hybridized carbons (Fsp3) is 0.857. The lowest BCUT2D eigenvalue weighted by molar-refractivity contribution is -0.140. The van der Waals surface area contributed by atoms with E-state index in [0.29, 0.717) is 6.20 Å². The van der Waals surface area contributed by atoms with Gasteiger partial charge in [0.1, 0.15) is 23.9 Å². The number of aromatic amines is 1. The van der Waals surface area contributed by atoms with Crippen molar-refractivity contribution >= 4 is 25.0 Å². The highest BCUT2D eigenvalue weighted by Gasteiger charge is 2.55. The Bertz CT molecular complexity index is 1220. The number of halogens is 3. The predicted octanol–water partition coefficient (Wildman–Crippen LogP) is 7.26. The third-order valence-electron chi connectivity index (χ3n) is 9.72. The average Bonchev–Trinajstić information content (AvgIpc) is 3.05. The zero-order valence-corrected chi connectivity index (χ0v) is 31.1. The van der Waals surface area contributed by atoms with Crippen LogP contribution < -0.4 is 11.2 Å². The first kappa shape index (κ1) is 37.1. The fourth-order valence-corrected chi connectivity index (χ4v) is 7.37. The summed E-state index contributed by atoms with van der Waals surface area (Å²) in [6.07, 6.45) is -8.12. The van der Waals surface area contributed by atoms with Crippen molar-refractivity contribution in [3.63, 3.8) is 0 Å². The van der Waals surface area contributed by atoms with E-state index in [0.717, 1.165) is 4.57 Å². The van der Waals surface area contributed by atoms with Crippen LogP contribution in [0, 0.1) is 0 Å². The van der Waals surface area contributed by atoms with Crippen LogP contribution in [0.4, 0.5) is 13.2 Å². The van der Waals surface area contributed by atoms with E-state index < -0.39 is 72.5 Å². The van der Waals surface area contributed by atoms with E-state index in [1.807, 2.05) is 18.1 Å². The Labute approximate surface area is 252 Å². The lowest BCUT2D eigenvalue weighted by atomic mass is 10.1. The van der Waals surface area contributed by atoms with Gasteiger partial charge in [0.15, 0.2) is 31.2 Å². The molecule has 14 heteroatoms. The van der Waals surface area contributed by atoms with E-state index in [4.69, 9.17) is 18.0 Å². The van der Waals surface area contributed by atoms with Crippen molar-refractivity contribution in [1.29, 1.82) is 0 Å². The Balaban J connectivity index is 2.79. The summed E-state index contributed by atoms with van der Waals surface area (Å²) in [5.74, 6) is 0. The maximum atomic E-state index is 13.8. The summed E-state index contributed by atoms with van der Waals surface area (Å²) in [6.45, 7) is 31.4. The highest BCUT2D eigenvalue weighted by molar-refractivity contribution is 6.75. The molecule has 1 aliphatic heterocycles. The molecular formula is C28H53F3N2O6Si3. The zero-order valence-electron chi connectivity index (χ0n) is 28.1. The lowest BCUT2D eigenvalue weighted by Gasteiger charge is -2.44. The molecule has 42 heavy (non-hydrogen) atoms. The van der Waals surface area contributed by atoms with Crippen LogP contribution in [0.5, 0.6) is 0 Å². The Morgan fingerprint density at radius 3 is 1.62 bits per heavy atom. The van der Waals surface area contributed by atoms with Gasteiger partial charge >= 0.3 is 11.9 Å². The van der Waals surface area contributed by atoms with Gasteiger partial charge < -0.3 is 18.0 Å². The minimum absolute atomic E-state index is 0.102. The largest absolute Gasteiger partial charge is 0.423 e. The van der Waals surface area contributed by atoms with Gasteiger partial charge in [-0.2, -0.15) is 13.2 Å². The summed E-state index contributed by atoms with van der Waals surface area (Å²) >= 11 is 0. The maximum Gasteiger partial charge on any atom is 0.423 e. The molecule has 2 heterocycles. The van der Waals surface area contributed by atoms with Crippen molar-refractivity contribution in [1.82, 2.24) is 9.55 Å². The Kier molecular flexibility index (Phi) is 10.4. The fourth-order valence-electron chi connectivity index (χ4n) is 3.75. The molecule has 1 aromatic heterocycles. The first-order valence-corrected chi connectivity index (χ1v) is 23.2. The number of hydrogen-bond acceptors (Lipinski definition) is 6. The SMILES string of the molecule is CC(C)(C)[Si](C)(C)OC[C@H]1O[C@@H](n2cc(C(F)(F)F)c(=O)[nH]c2=O)[C@H](O[Si](C)(C)C(C)(C)C)[C@@H]1O[Si](C)(C)C(C)(C)C. The summed E-state index contributed by atoms with van der Waals surface area (Å²) in [6, 6.07) is 0. The Hall–Kier alpha value is -1.04. The van der Waals surface area contributed by atoms with Crippen molar-refractivity contribution in [3.8, 4) is 0 Å². The van der Waals surface area contributed by atoms with Gasteiger partial charge in [0, 0.05) is 6.20 Å². The molecule has 0 radical (unpaired) electrons. The van der Waals surface area contributed by atoms with E-state index in [-0.39, 0.29) is 21.7 Å².